The lowest BCUT2D eigenvalue weighted by molar-refractivity contribution is 0.0902. The smallest absolute Gasteiger partial charge is 0.229 e. The summed E-state index contributed by atoms with van der Waals surface area (Å²) < 4.78 is 83.3. The minimum absolute atomic E-state index is 0.0375. The highest BCUT2D eigenvalue weighted by Gasteiger charge is 2.31. The molecule has 516 valence electrons. The first-order valence-electron chi connectivity index (χ1n) is 33.9. The third-order valence-electron chi connectivity index (χ3n) is 19.0. The largest absolute Gasteiger partial charge is 0.393 e. The number of nitrogens with zero attached hydrogens (tertiary/aromatic N) is 12. The standard InChI is InChI=1S/C24H26N6O2S.C23H28F2N6O2.C23H29FN6O2/c1-16-7-3-6-10-20(16)27-24-28-21-15-25-23(29-22(21)30(24)18-8-4-5-9-18)26-17-11-13-19(14-12-17)33(2,31)32;1-13-10-14(24)11-18(25)20(13)29-23-28-19-12-26-22(27-15-6-8-33-9-7-15)30-21(19)31(23)16-2-4-17(32)5-3-16;1-14-3-2-4-18(24)20(14)28-23-27-19-13-25-22(26-15-9-11-32-12-10-15)29-21(19)30(23)16-5-7-17(31)8-6-16/h3,6-7,10-15,18H,4-5,8-9H2,1-2H3,(H,27,28)(H,25,26,29);10-12,15-17,32H,2-9H2,1H3,(H,28,29)(H,26,27,30);2-4,13,15-17,31H,5-12H2,1H3,(H,27,28)(H,25,26,29). The zero-order valence-electron chi connectivity index (χ0n) is 55.4. The number of hydrogen-bond donors (Lipinski definition) is 8. The van der Waals surface area contributed by atoms with Crippen LogP contribution in [0, 0.1) is 38.2 Å². The van der Waals surface area contributed by atoms with Gasteiger partial charge in [-0.1, -0.05) is 43.2 Å². The van der Waals surface area contributed by atoms with Crippen LogP contribution in [0.25, 0.3) is 33.5 Å². The SMILES string of the molecule is Cc1cc(F)cc(F)c1Nc1nc2cnc(NC3CCOCC3)nc2n1C1CCC(O)CC1.Cc1cccc(F)c1Nc1nc2cnc(NC3CCOCC3)nc2n1C1CCC(O)CC1.Cc1ccccc1Nc1nc2cnc(Nc3ccc(S(C)(=O)=O)cc3)nc2n1C1CCCC1. The lowest BCUT2D eigenvalue weighted by atomic mass is 9.93. The number of rotatable bonds is 16. The molecule has 28 heteroatoms. The summed E-state index contributed by atoms with van der Waals surface area (Å²) in [7, 11) is -3.24. The summed E-state index contributed by atoms with van der Waals surface area (Å²) in [5, 5.41) is 39.8. The molecule has 6 aromatic heterocycles. The molecule has 0 atom stereocenters. The predicted octanol–water partition coefficient (Wildman–Crippen LogP) is 13.4. The maximum absolute atomic E-state index is 14.6. The van der Waals surface area contributed by atoms with Gasteiger partial charge in [0.05, 0.1) is 47.1 Å². The molecule has 24 nitrogen and oxygen atoms in total. The highest BCUT2D eigenvalue weighted by molar-refractivity contribution is 7.90. The fourth-order valence-electron chi connectivity index (χ4n) is 13.6. The van der Waals surface area contributed by atoms with Gasteiger partial charge in [0.25, 0.3) is 0 Å². The van der Waals surface area contributed by atoms with Crippen LogP contribution in [0.5, 0.6) is 0 Å². The molecule has 0 radical (unpaired) electrons. The molecule has 3 aliphatic carbocycles. The van der Waals surface area contributed by atoms with Crippen LogP contribution >= 0.6 is 0 Å². The lowest BCUT2D eigenvalue weighted by Gasteiger charge is -2.28. The molecule has 8 heterocycles. The summed E-state index contributed by atoms with van der Waals surface area (Å²) >= 11 is 0. The number of nitrogens with one attached hydrogen (secondary N) is 6. The Balaban J connectivity index is 0.000000132. The Morgan fingerprint density at radius 3 is 1.40 bits per heavy atom. The fraction of sp³-hybridized carbons (Fsp3) is 0.443. The zero-order chi connectivity index (χ0) is 68.0. The third-order valence-corrected chi connectivity index (χ3v) is 20.2. The molecule has 5 fully saturated rings. The zero-order valence-corrected chi connectivity index (χ0v) is 56.2. The van der Waals surface area contributed by atoms with E-state index in [1.165, 1.54) is 31.2 Å². The van der Waals surface area contributed by atoms with Crippen LogP contribution in [0.1, 0.15) is 138 Å². The molecule has 4 aromatic carbocycles. The van der Waals surface area contributed by atoms with Crippen LogP contribution in [0.3, 0.4) is 0 Å². The van der Waals surface area contributed by atoms with E-state index in [1.54, 1.807) is 55.8 Å². The van der Waals surface area contributed by atoms with Gasteiger partial charge >= 0.3 is 0 Å². The molecule has 2 aliphatic heterocycles. The van der Waals surface area contributed by atoms with E-state index in [0.717, 1.165) is 130 Å². The summed E-state index contributed by atoms with van der Waals surface area (Å²) in [4.78, 5) is 42.2. The molecule has 2 saturated heterocycles. The van der Waals surface area contributed by atoms with Gasteiger partial charge in [-0.15, -0.1) is 0 Å². The Bertz CT molecular complexity index is 4500. The lowest BCUT2D eigenvalue weighted by Crippen LogP contribution is -2.28. The summed E-state index contributed by atoms with van der Waals surface area (Å²) in [5.74, 6) is 1.64. The molecular formula is C70H83F3N18O6S. The third kappa shape index (κ3) is 15.7. The van der Waals surface area contributed by atoms with Gasteiger partial charge < -0.3 is 51.6 Å². The minimum atomic E-state index is -3.24. The number of aliphatic hydroxyl groups excluding tert-OH is 2. The van der Waals surface area contributed by atoms with E-state index in [9.17, 15) is 31.8 Å². The van der Waals surface area contributed by atoms with Crippen LogP contribution in [-0.2, 0) is 19.3 Å². The Hall–Kier alpha value is -9.09. The van der Waals surface area contributed by atoms with Gasteiger partial charge in [0, 0.05) is 80.3 Å². The van der Waals surface area contributed by atoms with Crippen LogP contribution in [0.4, 0.5) is 71.6 Å². The number of fused-ring (bicyclic) bond motifs is 3. The van der Waals surface area contributed by atoms with Crippen molar-refractivity contribution >= 4 is 102 Å². The number of halogens is 3. The van der Waals surface area contributed by atoms with E-state index in [2.05, 4.69) is 74.0 Å². The van der Waals surface area contributed by atoms with Gasteiger partial charge in [0.2, 0.25) is 35.7 Å². The highest BCUT2D eigenvalue weighted by Crippen LogP contribution is 2.40. The number of para-hydroxylation sites is 2. The van der Waals surface area contributed by atoms with Gasteiger partial charge in [-0.05, 0) is 170 Å². The van der Waals surface area contributed by atoms with E-state index in [4.69, 9.17) is 34.4 Å². The number of aliphatic hydroxyl groups is 2. The normalized spacial score (nSPS) is 19.6. The van der Waals surface area contributed by atoms with Gasteiger partial charge in [-0.3, -0.25) is 13.7 Å². The Morgan fingerprint density at radius 1 is 0.469 bits per heavy atom. The van der Waals surface area contributed by atoms with E-state index >= 15 is 0 Å². The molecule has 3 saturated carbocycles. The second-order valence-corrected chi connectivity index (χ2v) is 28.2. The number of imidazole rings is 3. The molecular weight excluding hydrogens is 1280 g/mol. The van der Waals surface area contributed by atoms with Gasteiger partial charge in [-0.25, -0.2) is 51.5 Å². The van der Waals surface area contributed by atoms with E-state index < -0.39 is 21.5 Å². The highest BCUT2D eigenvalue weighted by atomic mass is 32.2. The number of anilines is 10. The summed E-state index contributed by atoms with van der Waals surface area (Å²) in [6.45, 7) is 8.47. The maximum atomic E-state index is 14.6. The van der Waals surface area contributed by atoms with Crippen molar-refractivity contribution in [1.29, 1.82) is 0 Å². The molecule has 98 heavy (non-hydrogen) atoms. The Morgan fingerprint density at radius 2 is 0.918 bits per heavy atom. The van der Waals surface area contributed by atoms with Crippen LogP contribution in [0.2, 0.25) is 0 Å². The van der Waals surface area contributed by atoms with Crippen molar-refractivity contribution in [1.82, 2.24) is 58.6 Å². The first-order valence-corrected chi connectivity index (χ1v) is 35.8. The average Bonchev–Trinajstić information content (AvgIpc) is 1.62. The second-order valence-electron chi connectivity index (χ2n) is 26.2. The first kappa shape index (κ1) is 67.5. The van der Waals surface area contributed by atoms with E-state index in [0.29, 0.717) is 101 Å². The number of aryl methyl sites for hydroxylation is 3. The first-order chi connectivity index (χ1) is 47.4. The number of aromatic nitrogens is 12. The second kappa shape index (κ2) is 29.9. The van der Waals surface area contributed by atoms with Crippen LogP contribution in [0.15, 0.2) is 102 Å². The maximum Gasteiger partial charge on any atom is 0.229 e. The number of ether oxygens (including phenoxy) is 2. The van der Waals surface area contributed by atoms with Crippen molar-refractivity contribution in [2.24, 2.45) is 0 Å². The average molecular weight is 1360 g/mol. The monoisotopic (exact) mass is 1360 g/mol. The van der Waals surface area contributed by atoms with Gasteiger partial charge in [-0.2, -0.15) is 15.0 Å². The van der Waals surface area contributed by atoms with Gasteiger partial charge in [0.1, 0.15) is 34.0 Å². The number of sulfone groups is 1. The van der Waals surface area contributed by atoms with Crippen molar-refractivity contribution in [3.8, 4) is 0 Å². The quantitative estimate of drug-likeness (QED) is 0.0446. The molecule has 0 spiro atoms. The molecule has 0 amide bonds. The summed E-state index contributed by atoms with van der Waals surface area (Å²) in [5.41, 5.74) is 8.82. The predicted molar refractivity (Wildman–Crippen MR) is 372 cm³/mol. The van der Waals surface area contributed by atoms with Gasteiger partial charge in [0.15, 0.2) is 26.8 Å². The van der Waals surface area contributed by atoms with Crippen molar-refractivity contribution < 1.29 is 41.3 Å². The summed E-state index contributed by atoms with van der Waals surface area (Å²) in [6.07, 6.45) is 19.8. The molecule has 8 N–H and O–H groups in total. The van der Waals surface area contributed by atoms with Crippen molar-refractivity contribution in [3.63, 3.8) is 0 Å². The van der Waals surface area contributed by atoms with Crippen molar-refractivity contribution in [3.05, 3.63) is 132 Å². The molecule has 0 unspecified atom stereocenters. The van der Waals surface area contributed by atoms with E-state index in [1.807, 2.05) is 35.8 Å². The summed E-state index contributed by atoms with van der Waals surface area (Å²) in [6, 6.07) is 22.9. The van der Waals surface area contributed by atoms with E-state index in [-0.39, 0.29) is 52.8 Å². The minimum Gasteiger partial charge on any atom is -0.393 e. The topological polar surface area (TPSA) is 296 Å². The Kier molecular flexibility index (Phi) is 20.6. The number of hydrogen-bond acceptors (Lipinski definition) is 21. The molecule has 10 aromatic rings. The molecule has 15 rings (SSSR count). The van der Waals surface area contributed by atoms with Crippen LogP contribution < -0.4 is 31.9 Å². The van der Waals surface area contributed by atoms with Crippen molar-refractivity contribution in [2.75, 3.05) is 64.6 Å². The molecule has 5 aliphatic rings. The number of benzene rings is 4. The Labute approximate surface area is 566 Å². The van der Waals surface area contributed by atoms with Crippen LogP contribution in [-0.4, -0.2) is 134 Å². The fourth-order valence-corrected chi connectivity index (χ4v) is 14.3. The molecule has 0 bridgehead atoms. The van der Waals surface area contributed by atoms with Crippen molar-refractivity contribution in [2.45, 2.75) is 171 Å².